The number of carbonyl (C=O) groups excluding carboxylic acids is 2. The number of hydrogen-bond acceptors (Lipinski definition) is 7. The molecule has 0 bridgehead atoms. The van der Waals surface area contributed by atoms with Crippen molar-refractivity contribution in [2.45, 2.75) is 31.9 Å². The molecule has 9 heteroatoms. The highest BCUT2D eigenvalue weighted by atomic mass is 32.2. The van der Waals surface area contributed by atoms with Crippen LogP contribution in [-0.2, 0) is 14.3 Å². The molecule has 1 N–H and O–H groups in total. The van der Waals surface area contributed by atoms with Crippen LogP contribution in [0.5, 0.6) is 5.75 Å². The molecule has 0 radical (unpaired) electrons. The Bertz CT molecular complexity index is 1050. The molecule has 2 aromatic rings. The predicted octanol–water partition coefficient (Wildman–Crippen LogP) is 4.01. The Labute approximate surface area is 204 Å². The molecule has 0 saturated carbocycles. The van der Waals surface area contributed by atoms with Crippen molar-refractivity contribution < 1.29 is 19.1 Å². The van der Waals surface area contributed by atoms with Crippen molar-refractivity contribution in [3.63, 3.8) is 0 Å². The van der Waals surface area contributed by atoms with Gasteiger partial charge in [-0.2, -0.15) is 10.1 Å². The predicted molar refractivity (Wildman–Crippen MR) is 137 cm³/mol. The molecule has 2 amide bonds. The van der Waals surface area contributed by atoms with Gasteiger partial charge in [-0.15, -0.1) is 0 Å². The van der Waals surface area contributed by atoms with Gasteiger partial charge >= 0.3 is 0 Å². The Morgan fingerprint density at radius 2 is 1.85 bits per heavy atom. The number of rotatable bonds is 10. The average molecular weight is 483 g/mol. The van der Waals surface area contributed by atoms with Gasteiger partial charge in [0, 0.05) is 32.4 Å². The summed E-state index contributed by atoms with van der Waals surface area (Å²) in [5.74, 6) is 0.250. The molecule has 1 fully saturated rings. The van der Waals surface area contributed by atoms with E-state index >= 15 is 0 Å². The second-order valence-electron chi connectivity index (χ2n) is 7.80. The summed E-state index contributed by atoms with van der Waals surface area (Å²) >= 11 is 1.26. The van der Waals surface area contributed by atoms with Gasteiger partial charge in [0.05, 0.1) is 13.3 Å². The van der Waals surface area contributed by atoms with E-state index in [9.17, 15) is 9.59 Å². The Morgan fingerprint density at radius 1 is 1.15 bits per heavy atom. The number of hydrazone groups is 1. The first kappa shape index (κ1) is 25.5. The number of anilines is 1. The summed E-state index contributed by atoms with van der Waals surface area (Å²) in [4.78, 5) is 30.4. The minimum Gasteiger partial charge on any atom is -0.497 e. The summed E-state index contributed by atoms with van der Waals surface area (Å²) in [6.45, 7) is 4.96. The third-order valence-corrected chi connectivity index (χ3v) is 6.39. The van der Waals surface area contributed by atoms with Crippen molar-refractivity contribution in [1.82, 2.24) is 5.01 Å². The molecule has 1 aliphatic heterocycles. The van der Waals surface area contributed by atoms with Crippen LogP contribution in [0.3, 0.4) is 0 Å². The molecule has 1 heterocycles. The van der Waals surface area contributed by atoms with Crippen molar-refractivity contribution in [2.75, 3.05) is 32.7 Å². The standard InChI is InChI=1S/C25H30N4O4S/c1-17-7-5-8-18(2)23(17)28-22(30)15-21-24(31)29(25(34-21)26-13-6-14-32-3)27-16-19-9-11-20(33-4)12-10-19/h5,7-12,16,21H,6,13-15H2,1-4H3,(H,28,30)/b26-25?,27-16-/t21-/m0/s1. The number of ether oxygens (including phenoxy) is 2. The van der Waals surface area contributed by atoms with Crippen molar-refractivity contribution in [2.24, 2.45) is 10.1 Å². The number of aryl methyl sites for hydroxylation is 2. The summed E-state index contributed by atoms with van der Waals surface area (Å²) in [7, 11) is 3.24. The molecule has 8 nitrogen and oxygen atoms in total. The Kier molecular flexibility index (Phi) is 9.24. The van der Waals surface area contributed by atoms with Crippen LogP contribution in [0.15, 0.2) is 52.6 Å². The summed E-state index contributed by atoms with van der Waals surface area (Å²) in [5.41, 5.74) is 3.55. The van der Waals surface area contributed by atoms with E-state index in [1.54, 1.807) is 20.4 Å². The number of amides is 2. The lowest BCUT2D eigenvalue weighted by atomic mass is 10.1. The lowest BCUT2D eigenvalue weighted by molar-refractivity contribution is -0.128. The fraction of sp³-hybridized carbons (Fsp3) is 0.360. The first-order valence-electron chi connectivity index (χ1n) is 11.0. The summed E-state index contributed by atoms with van der Waals surface area (Å²) in [6.07, 6.45) is 2.35. The minimum atomic E-state index is -0.599. The Balaban J connectivity index is 1.73. The number of aliphatic imine (C=N–C) groups is 1. The molecule has 1 atom stereocenters. The van der Waals surface area contributed by atoms with Crippen LogP contribution >= 0.6 is 11.8 Å². The number of nitrogens with one attached hydrogen (secondary N) is 1. The van der Waals surface area contributed by atoms with E-state index in [2.05, 4.69) is 15.4 Å². The smallest absolute Gasteiger partial charge is 0.263 e. The molecule has 0 aromatic heterocycles. The lowest BCUT2D eigenvalue weighted by Gasteiger charge is -2.13. The van der Waals surface area contributed by atoms with Crippen molar-refractivity contribution in [3.05, 3.63) is 59.2 Å². The molecule has 1 saturated heterocycles. The fourth-order valence-corrected chi connectivity index (χ4v) is 4.46. The van der Waals surface area contributed by atoms with Crippen molar-refractivity contribution >= 4 is 40.6 Å². The molecule has 1 aliphatic rings. The van der Waals surface area contributed by atoms with Crippen molar-refractivity contribution in [3.8, 4) is 5.75 Å². The maximum Gasteiger partial charge on any atom is 0.263 e. The maximum atomic E-state index is 13.1. The topological polar surface area (TPSA) is 92.6 Å². The van der Waals surface area contributed by atoms with E-state index in [0.29, 0.717) is 18.3 Å². The van der Waals surface area contributed by atoms with Crippen LogP contribution in [0.2, 0.25) is 0 Å². The number of carbonyl (C=O) groups is 2. The zero-order chi connectivity index (χ0) is 24.5. The quantitative estimate of drug-likeness (QED) is 0.408. The summed E-state index contributed by atoms with van der Waals surface area (Å²) in [5, 5.41) is 8.51. The van der Waals surface area contributed by atoms with E-state index < -0.39 is 5.25 Å². The van der Waals surface area contributed by atoms with Gasteiger partial charge in [-0.3, -0.25) is 14.6 Å². The largest absolute Gasteiger partial charge is 0.497 e. The molecule has 3 rings (SSSR count). The zero-order valence-electron chi connectivity index (χ0n) is 19.9. The highest BCUT2D eigenvalue weighted by molar-refractivity contribution is 8.15. The van der Waals surface area contributed by atoms with Crippen LogP contribution in [0.4, 0.5) is 5.69 Å². The second kappa shape index (κ2) is 12.3. The van der Waals surface area contributed by atoms with Gasteiger partial charge in [0.2, 0.25) is 5.91 Å². The Hall–Kier alpha value is -3.17. The normalized spacial score (nSPS) is 17.1. The second-order valence-corrected chi connectivity index (χ2v) is 8.97. The molecule has 0 aliphatic carbocycles. The van der Waals surface area contributed by atoms with E-state index in [-0.39, 0.29) is 18.2 Å². The number of thioether (sulfide) groups is 1. The lowest BCUT2D eigenvalue weighted by Crippen LogP contribution is -2.30. The maximum absolute atomic E-state index is 13.1. The first-order valence-corrected chi connectivity index (χ1v) is 11.9. The van der Waals surface area contributed by atoms with Crippen LogP contribution < -0.4 is 10.1 Å². The molecule has 180 valence electrons. The molecule has 34 heavy (non-hydrogen) atoms. The van der Waals surface area contributed by atoms with E-state index in [4.69, 9.17) is 9.47 Å². The third-order valence-electron chi connectivity index (χ3n) is 5.22. The molecular formula is C25H30N4O4S. The van der Waals surface area contributed by atoms with Gasteiger partial charge in [-0.05, 0) is 61.2 Å². The molecule has 0 unspecified atom stereocenters. The van der Waals surface area contributed by atoms with Crippen LogP contribution in [0.25, 0.3) is 0 Å². The number of nitrogens with zero attached hydrogens (tertiary/aromatic N) is 3. The SMILES string of the molecule is COCCCN=C1S[C@@H](CC(=O)Nc2c(C)cccc2C)C(=O)N1/N=C\c1ccc(OC)cc1. The van der Waals surface area contributed by atoms with Crippen LogP contribution in [-0.4, -0.2) is 60.8 Å². The zero-order valence-corrected chi connectivity index (χ0v) is 20.7. The monoisotopic (exact) mass is 482 g/mol. The molecule has 0 spiro atoms. The highest BCUT2D eigenvalue weighted by Crippen LogP contribution is 2.31. The van der Waals surface area contributed by atoms with Crippen LogP contribution in [0.1, 0.15) is 29.5 Å². The van der Waals surface area contributed by atoms with Gasteiger partial charge in [-0.1, -0.05) is 30.0 Å². The van der Waals surface area contributed by atoms with Crippen LogP contribution in [0, 0.1) is 13.8 Å². The minimum absolute atomic E-state index is 0.0307. The van der Waals surface area contributed by atoms with Gasteiger partial charge < -0.3 is 14.8 Å². The van der Waals surface area contributed by atoms with E-state index in [1.807, 2.05) is 56.3 Å². The number of amidine groups is 1. The Morgan fingerprint density at radius 3 is 2.50 bits per heavy atom. The average Bonchev–Trinajstić information content (AvgIpc) is 3.12. The fourth-order valence-electron chi connectivity index (χ4n) is 3.37. The van der Waals surface area contributed by atoms with Gasteiger partial charge in [0.15, 0.2) is 5.17 Å². The first-order chi connectivity index (χ1) is 16.4. The molecule has 2 aromatic carbocycles. The highest BCUT2D eigenvalue weighted by Gasteiger charge is 2.39. The summed E-state index contributed by atoms with van der Waals surface area (Å²) < 4.78 is 10.3. The number of hydrogen-bond donors (Lipinski definition) is 1. The van der Waals surface area contributed by atoms with E-state index in [1.165, 1.54) is 16.8 Å². The van der Waals surface area contributed by atoms with E-state index in [0.717, 1.165) is 34.5 Å². The van der Waals surface area contributed by atoms with Gasteiger partial charge in [0.1, 0.15) is 11.0 Å². The number of para-hydroxylation sites is 1. The van der Waals surface area contributed by atoms with Gasteiger partial charge in [-0.25, -0.2) is 0 Å². The third kappa shape index (κ3) is 6.68. The van der Waals surface area contributed by atoms with Crippen molar-refractivity contribution in [1.29, 1.82) is 0 Å². The van der Waals surface area contributed by atoms with Gasteiger partial charge in [0.25, 0.3) is 5.91 Å². The number of benzene rings is 2. The number of methoxy groups -OCH3 is 2. The summed E-state index contributed by atoms with van der Waals surface area (Å²) in [6, 6.07) is 13.2. The molecular weight excluding hydrogens is 452 g/mol.